The average molecular weight is 443 g/mol. The normalized spacial score (nSPS) is 25.3. The standard InChI is InChI=1S/C25H34N2O5/c1-30-21-10-6-9-20(15-21)18-32-27-23(28)16-22(24(29)31-2)25(27)11-13-26(14-12-25)17-19-7-4-3-5-8-19/h3-4,6,9-10,15,19,22H,5,7-8,11-14,16-18H2,1-2H3. The van der Waals surface area contributed by atoms with Crippen LogP contribution in [0.5, 0.6) is 5.75 Å². The fraction of sp³-hybridized carbons (Fsp3) is 0.600. The Bertz CT molecular complexity index is 846. The van der Waals surface area contributed by atoms with Crippen molar-refractivity contribution >= 4 is 11.9 Å². The summed E-state index contributed by atoms with van der Waals surface area (Å²) in [7, 11) is 3.02. The van der Waals surface area contributed by atoms with Crippen molar-refractivity contribution in [1.29, 1.82) is 0 Å². The minimum atomic E-state index is -0.647. The van der Waals surface area contributed by atoms with Crippen LogP contribution in [0, 0.1) is 11.8 Å². The molecular formula is C25H34N2O5. The summed E-state index contributed by atoms with van der Waals surface area (Å²) in [4.78, 5) is 34.2. The quantitative estimate of drug-likeness (QED) is 0.477. The molecule has 1 aromatic rings. The number of nitrogens with zero attached hydrogens (tertiary/aromatic N) is 2. The minimum absolute atomic E-state index is 0.137. The number of methoxy groups -OCH3 is 2. The van der Waals surface area contributed by atoms with Crippen molar-refractivity contribution in [3.05, 3.63) is 42.0 Å². The summed E-state index contributed by atoms with van der Waals surface area (Å²) in [5.74, 6) is 0.471. The predicted octanol–water partition coefficient (Wildman–Crippen LogP) is 3.34. The third-order valence-corrected chi connectivity index (χ3v) is 7.25. The molecule has 2 unspecified atom stereocenters. The molecule has 4 rings (SSSR count). The summed E-state index contributed by atoms with van der Waals surface area (Å²) < 4.78 is 10.4. The number of ether oxygens (including phenoxy) is 2. The molecule has 0 saturated carbocycles. The third-order valence-electron chi connectivity index (χ3n) is 7.25. The Morgan fingerprint density at radius 3 is 2.69 bits per heavy atom. The fourth-order valence-corrected chi connectivity index (χ4v) is 5.45. The average Bonchev–Trinajstić information content (AvgIpc) is 3.10. The molecule has 7 heteroatoms. The van der Waals surface area contributed by atoms with Gasteiger partial charge in [-0.1, -0.05) is 24.3 Å². The monoisotopic (exact) mass is 442 g/mol. The van der Waals surface area contributed by atoms with Gasteiger partial charge in [-0.2, -0.15) is 0 Å². The van der Waals surface area contributed by atoms with Crippen molar-refractivity contribution in [2.75, 3.05) is 33.9 Å². The van der Waals surface area contributed by atoms with E-state index < -0.39 is 11.5 Å². The Kier molecular flexibility index (Phi) is 7.16. The number of hydroxylamine groups is 2. The number of piperidine rings is 1. The number of hydrogen-bond acceptors (Lipinski definition) is 6. The van der Waals surface area contributed by atoms with E-state index in [0.717, 1.165) is 43.8 Å². The van der Waals surface area contributed by atoms with Gasteiger partial charge in [0.25, 0.3) is 0 Å². The van der Waals surface area contributed by atoms with Gasteiger partial charge in [0.05, 0.1) is 25.7 Å². The number of rotatable bonds is 7. The zero-order valence-electron chi connectivity index (χ0n) is 19.1. The molecule has 1 aromatic carbocycles. The van der Waals surface area contributed by atoms with Gasteiger partial charge in [-0.3, -0.25) is 14.4 Å². The van der Waals surface area contributed by atoms with Crippen LogP contribution in [0.4, 0.5) is 0 Å². The van der Waals surface area contributed by atoms with Crippen LogP contribution in [0.15, 0.2) is 36.4 Å². The summed E-state index contributed by atoms with van der Waals surface area (Å²) in [6.45, 7) is 3.01. The van der Waals surface area contributed by atoms with Gasteiger partial charge in [0.1, 0.15) is 12.4 Å². The molecule has 174 valence electrons. The Morgan fingerprint density at radius 2 is 2.00 bits per heavy atom. The highest BCUT2D eigenvalue weighted by atomic mass is 16.7. The number of amides is 1. The molecule has 1 amide bonds. The van der Waals surface area contributed by atoms with Crippen LogP contribution in [0.3, 0.4) is 0 Å². The van der Waals surface area contributed by atoms with Crippen molar-refractivity contribution in [3.8, 4) is 5.75 Å². The molecule has 0 radical (unpaired) electrons. The second-order valence-corrected chi connectivity index (χ2v) is 9.15. The molecule has 2 heterocycles. The van der Waals surface area contributed by atoms with E-state index in [1.54, 1.807) is 7.11 Å². The summed E-state index contributed by atoms with van der Waals surface area (Å²) in [6.07, 6.45) is 9.64. The van der Waals surface area contributed by atoms with Crippen molar-refractivity contribution < 1.29 is 23.9 Å². The van der Waals surface area contributed by atoms with Crippen LogP contribution >= 0.6 is 0 Å². The Hall–Kier alpha value is -2.38. The molecule has 7 nitrogen and oxygen atoms in total. The largest absolute Gasteiger partial charge is 0.497 e. The lowest BCUT2D eigenvalue weighted by Gasteiger charge is -2.46. The van der Waals surface area contributed by atoms with Crippen molar-refractivity contribution in [2.45, 2.75) is 50.7 Å². The van der Waals surface area contributed by atoms with Gasteiger partial charge in [0, 0.05) is 26.1 Å². The Labute approximate surface area is 190 Å². The van der Waals surface area contributed by atoms with Gasteiger partial charge in [-0.15, -0.1) is 0 Å². The van der Waals surface area contributed by atoms with Gasteiger partial charge in [-0.05, 0) is 55.7 Å². The van der Waals surface area contributed by atoms with Gasteiger partial charge >= 0.3 is 5.97 Å². The van der Waals surface area contributed by atoms with E-state index in [-0.39, 0.29) is 24.9 Å². The number of allylic oxidation sites excluding steroid dienone is 2. The highest BCUT2D eigenvalue weighted by molar-refractivity contribution is 5.88. The molecule has 2 atom stereocenters. The predicted molar refractivity (Wildman–Crippen MR) is 120 cm³/mol. The summed E-state index contributed by atoms with van der Waals surface area (Å²) in [5.41, 5.74) is 0.267. The first-order chi connectivity index (χ1) is 15.6. The molecule has 3 aliphatic rings. The van der Waals surface area contributed by atoms with Gasteiger partial charge in [0.15, 0.2) is 0 Å². The minimum Gasteiger partial charge on any atom is -0.497 e. The maximum Gasteiger partial charge on any atom is 0.311 e. The van der Waals surface area contributed by atoms with E-state index >= 15 is 0 Å². The first-order valence-electron chi connectivity index (χ1n) is 11.6. The van der Waals surface area contributed by atoms with Gasteiger partial charge in [-0.25, -0.2) is 5.06 Å². The third kappa shape index (κ3) is 4.69. The molecule has 2 fully saturated rings. The lowest BCUT2D eigenvalue weighted by Crippen LogP contribution is -2.57. The maximum atomic E-state index is 13.0. The number of hydrogen-bond donors (Lipinski definition) is 0. The van der Waals surface area contributed by atoms with Crippen LogP contribution in [-0.4, -0.2) is 61.2 Å². The molecule has 1 spiro atoms. The maximum absolute atomic E-state index is 13.0. The first-order valence-corrected chi connectivity index (χ1v) is 11.6. The highest BCUT2D eigenvalue weighted by Crippen LogP contribution is 2.45. The lowest BCUT2D eigenvalue weighted by atomic mass is 9.77. The first kappa shape index (κ1) is 22.8. The van der Waals surface area contributed by atoms with E-state index in [9.17, 15) is 9.59 Å². The van der Waals surface area contributed by atoms with E-state index in [0.29, 0.717) is 18.8 Å². The molecule has 0 aromatic heterocycles. The molecule has 0 bridgehead atoms. The topological polar surface area (TPSA) is 68.3 Å². The number of likely N-dealkylation sites (tertiary alicyclic amines) is 1. The zero-order valence-corrected chi connectivity index (χ0v) is 19.1. The van der Waals surface area contributed by atoms with Crippen molar-refractivity contribution in [3.63, 3.8) is 0 Å². The summed E-state index contributed by atoms with van der Waals surface area (Å²) in [6, 6.07) is 7.60. The smallest absolute Gasteiger partial charge is 0.311 e. The molecule has 0 N–H and O–H groups in total. The summed E-state index contributed by atoms with van der Waals surface area (Å²) in [5, 5.41) is 1.51. The van der Waals surface area contributed by atoms with Gasteiger partial charge in [0.2, 0.25) is 5.91 Å². The van der Waals surface area contributed by atoms with Crippen molar-refractivity contribution in [2.24, 2.45) is 11.8 Å². The number of esters is 1. The van der Waals surface area contributed by atoms with E-state index in [4.69, 9.17) is 14.3 Å². The van der Waals surface area contributed by atoms with E-state index in [1.807, 2.05) is 24.3 Å². The van der Waals surface area contributed by atoms with Crippen LogP contribution in [0.2, 0.25) is 0 Å². The molecular weight excluding hydrogens is 408 g/mol. The Balaban J connectivity index is 1.47. The van der Waals surface area contributed by atoms with E-state index in [1.165, 1.54) is 18.6 Å². The fourth-order valence-electron chi connectivity index (χ4n) is 5.45. The van der Waals surface area contributed by atoms with Crippen LogP contribution in [0.25, 0.3) is 0 Å². The zero-order chi connectivity index (χ0) is 22.6. The Morgan fingerprint density at radius 1 is 1.19 bits per heavy atom. The number of benzene rings is 1. The number of carbonyl (C=O) groups is 2. The van der Waals surface area contributed by atoms with Crippen LogP contribution in [0.1, 0.15) is 44.1 Å². The van der Waals surface area contributed by atoms with Crippen molar-refractivity contribution in [1.82, 2.24) is 9.96 Å². The molecule has 2 saturated heterocycles. The van der Waals surface area contributed by atoms with Crippen LogP contribution < -0.4 is 4.74 Å². The second-order valence-electron chi connectivity index (χ2n) is 9.15. The second kappa shape index (κ2) is 10.0. The highest BCUT2D eigenvalue weighted by Gasteiger charge is 2.58. The van der Waals surface area contributed by atoms with E-state index in [2.05, 4.69) is 17.1 Å². The summed E-state index contributed by atoms with van der Waals surface area (Å²) >= 11 is 0. The SMILES string of the molecule is COC(=O)C1CC(=O)N(OCc2cccc(OC)c2)C12CCN(CC1CC=CCC1)CC2. The van der Waals surface area contributed by atoms with Gasteiger partial charge < -0.3 is 14.4 Å². The number of carbonyl (C=O) groups excluding carboxylic acids is 2. The lowest BCUT2D eigenvalue weighted by molar-refractivity contribution is -0.229. The van der Waals surface area contributed by atoms with Crippen LogP contribution in [-0.2, 0) is 25.8 Å². The molecule has 32 heavy (non-hydrogen) atoms. The molecule has 2 aliphatic heterocycles. The molecule has 1 aliphatic carbocycles.